The van der Waals surface area contributed by atoms with Crippen molar-refractivity contribution in [3.05, 3.63) is 35.4 Å². The first kappa shape index (κ1) is 13.1. The number of carbonyl (C=O) groups is 1. The minimum Gasteiger partial charge on any atom is -0.377 e. The lowest BCUT2D eigenvalue weighted by Crippen LogP contribution is -2.63. The Balaban J connectivity index is 1.42. The molecule has 1 aromatic rings. The number of carbonyl (C=O) groups excluding carboxylic acids is 1. The van der Waals surface area contributed by atoms with Crippen molar-refractivity contribution in [1.29, 1.82) is 0 Å². The van der Waals surface area contributed by atoms with Crippen LogP contribution in [0.2, 0.25) is 0 Å². The summed E-state index contributed by atoms with van der Waals surface area (Å²) in [4.78, 5) is 15.4. The van der Waals surface area contributed by atoms with Gasteiger partial charge in [0.2, 0.25) is 5.91 Å². The van der Waals surface area contributed by atoms with E-state index in [2.05, 4.69) is 29.2 Å². The maximum atomic E-state index is 13.2. The summed E-state index contributed by atoms with van der Waals surface area (Å²) in [7, 11) is 0. The van der Waals surface area contributed by atoms with Crippen LogP contribution >= 0.6 is 0 Å². The van der Waals surface area contributed by atoms with Gasteiger partial charge in [0.15, 0.2) is 0 Å². The van der Waals surface area contributed by atoms with Crippen molar-refractivity contribution in [3.8, 4) is 0 Å². The molecule has 1 heterocycles. The molecule has 116 valence electrons. The van der Waals surface area contributed by atoms with Crippen LogP contribution < -0.4 is 0 Å². The number of hydrogen-bond acceptors (Lipinski definition) is 2. The molecule has 3 aliphatic carbocycles. The fourth-order valence-corrected chi connectivity index (χ4v) is 5.18. The summed E-state index contributed by atoms with van der Waals surface area (Å²) in [5.41, 5.74) is 3.16. The van der Waals surface area contributed by atoms with Crippen molar-refractivity contribution in [1.82, 2.24) is 4.90 Å². The normalized spacial score (nSPS) is 34.5. The van der Waals surface area contributed by atoms with Gasteiger partial charge in [0.1, 0.15) is 0 Å². The Morgan fingerprint density at radius 3 is 2.91 bits per heavy atom. The second kappa shape index (κ2) is 4.35. The third kappa shape index (κ3) is 1.58. The van der Waals surface area contributed by atoms with E-state index in [4.69, 9.17) is 4.74 Å². The van der Waals surface area contributed by atoms with Gasteiger partial charge >= 0.3 is 0 Å². The van der Waals surface area contributed by atoms with Crippen LogP contribution in [0, 0.1) is 5.92 Å². The first-order chi connectivity index (χ1) is 10.8. The standard InChI is InChI=1S/C19H23NO2/c21-17(20-10-11-22-13-18(20)7-3-8-18)16-12-19(16)9-6-14-4-1-2-5-15(14)19/h1-2,4-5,16H,3,6-13H2/t16-,19+/m1/s1. The van der Waals surface area contributed by atoms with Crippen molar-refractivity contribution < 1.29 is 9.53 Å². The molecular formula is C19H23NO2. The smallest absolute Gasteiger partial charge is 0.227 e. The van der Waals surface area contributed by atoms with Crippen LogP contribution in [0.1, 0.15) is 43.2 Å². The molecule has 2 spiro atoms. The highest BCUT2D eigenvalue weighted by Gasteiger charge is 2.63. The van der Waals surface area contributed by atoms with E-state index in [9.17, 15) is 4.79 Å². The molecule has 2 saturated carbocycles. The number of aryl methyl sites for hydroxylation is 1. The zero-order valence-electron chi connectivity index (χ0n) is 13.0. The van der Waals surface area contributed by atoms with Crippen LogP contribution in [0.15, 0.2) is 24.3 Å². The number of morpholine rings is 1. The van der Waals surface area contributed by atoms with E-state index < -0.39 is 0 Å². The molecule has 1 saturated heterocycles. The molecule has 0 radical (unpaired) electrons. The van der Waals surface area contributed by atoms with Gasteiger partial charge in [-0.05, 0) is 49.7 Å². The van der Waals surface area contributed by atoms with Crippen molar-refractivity contribution in [3.63, 3.8) is 0 Å². The zero-order valence-corrected chi connectivity index (χ0v) is 13.0. The highest BCUT2D eigenvalue weighted by molar-refractivity contribution is 5.86. The summed E-state index contributed by atoms with van der Waals surface area (Å²) in [6.45, 7) is 2.27. The minimum atomic E-state index is 0.0528. The SMILES string of the molecule is O=C([C@H]1C[C@]12CCc1ccccc12)N1CCOCC12CCC2. The van der Waals surface area contributed by atoms with E-state index in [1.165, 1.54) is 24.0 Å². The number of nitrogens with zero attached hydrogens (tertiary/aromatic N) is 1. The first-order valence-corrected chi connectivity index (χ1v) is 8.73. The Hall–Kier alpha value is -1.35. The van der Waals surface area contributed by atoms with Crippen LogP contribution in [-0.2, 0) is 21.4 Å². The number of ether oxygens (including phenoxy) is 1. The number of hydrogen-bond donors (Lipinski definition) is 0. The average Bonchev–Trinajstić information content (AvgIpc) is 3.15. The molecule has 0 N–H and O–H groups in total. The van der Waals surface area contributed by atoms with Crippen LogP contribution in [-0.4, -0.2) is 36.1 Å². The second-order valence-corrected chi connectivity index (χ2v) is 7.69. The molecule has 1 amide bonds. The third-order valence-corrected chi connectivity index (χ3v) is 6.72. The number of benzene rings is 1. The van der Waals surface area contributed by atoms with Crippen LogP contribution in [0.4, 0.5) is 0 Å². The zero-order chi connectivity index (χ0) is 14.8. The summed E-state index contributed by atoms with van der Waals surface area (Å²) in [6, 6.07) is 8.76. The summed E-state index contributed by atoms with van der Waals surface area (Å²) in [5, 5.41) is 0. The van der Waals surface area contributed by atoms with Gasteiger partial charge in [-0.15, -0.1) is 0 Å². The summed E-state index contributed by atoms with van der Waals surface area (Å²) in [5.74, 6) is 0.645. The summed E-state index contributed by atoms with van der Waals surface area (Å²) in [6.07, 6.45) is 6.89. The predicted molar refractivity (Wildman–Crippen MR) is 83.7 cm³/mol. The molecule has 3 fully saturated rings. The van der Waals surface area contributed by atoms with Crippen LogP contribution in [0.25, 0.3) is 0 Å². The topological polar surface area (TPSA) is 29.5 Å². The molecule has 22 heavy (non-hydrogen) atoms. The lowest BCUT2D eigenvalue weighted by Gasteiger charge is -2.53. The van der Waals surface area contributed by atoms with Crippen molar-refractivity contribution >= 4 is 5.91 Å². The Morgan fingerprint density at radius 1 is 1.23 bits per heavy atom. The molecule has 3 nitrogen and oxygen atoms in total. The third-order valence-electron chi connectivity index (χ3n) is 6.72. The van der Waals surface area contributed by atoms with E-state index in [0.29, 0.717) is 12.5 Å². The van der Waals surface area contributed by atoms with Gasteiger partial charge in [0.05, 0.1) is 18.8 Å². The monoisotopic (exact) mass is 297 g/mol. The Labute approximate surface area is 131 Å². The molecule has 0 unspecified atom stereocenters. The molecule has 0 aromatic heterocycles. The lowest BCUT2D eigenvalue weighted by atomic mass is 9.75. The van der Waals surface area contributed by atoms with E-state index in [0.717, 1.165) is 38.8 Å². The van der Waals surface area contributed by atoms with Crippen molar-refractivity contribution in [2.24, 2.45) is 5.92 Å². The van der Waals surface area contributed by atoms with E-state index >= 15 is 0 Å². The van der Waals surface area contributed by atoms with E-state index in [1.807, 2.05) is 0 Å². The first-order valence-electron chi connectivity index (χ1n) is 8.73. The predicted octanol–water partition coefficient (Wildman–Crippen LogP) is 2.67. The van der Waals surface area contributed by atoms with Gasteiger partial charge in [0.25, 0.3) is 0 Å². The average molecular weight is 297 g/mol. The van der Waals surface area contributed by atoms with Crippen LogP contribution in [0.5, 0.6) is 0 Å². The molecule has 0 bridgehead atoms. The molecule has 3 heteroatoms. The van der Waals surface area contributed by atoms with Gasteiger partial charge in [-0.2, -0.15) is 0 Å². The lowest BCUT2D eigenvalue weighted by molar-refractivity contribution is -0.160. The number of rotatable bonds is 1. The Bertz CT molecular complexity index is 636. The molecule has 5 rings (SSSR count). The number of amides is 1. The van der Waals surface area contributed by atoms with Crippen LogP contribution in [0.3, 0.4) is 0 Å². The van der Waals surface area contributed by atoms with Gasteiger partial charge in [-0.3, -0.25) is 4.79 Å². The van der Waals surface area contributed by atoms with Crippen molar-refractivity contribution in [2.45, 2.75) is 49.5 Å². The van der Waals surface area contributed by atoms with E-state index in [1.54, 1.807) is 0 Å². The minimum absolute atomic E-state index is 0.0528. The number of fused-ring (bicyclic) bond motifs is 2. The van der Waals surface area contributed by atoms with Gasteiger partial charge in [0, 0.05) is 17.9 Å². The Kier molecular flexibility index (Phi) is 2.59. The largest absolute Gasteiger partial charge is 0.377 e. The highest BCUT2D eigenvalue weighted by atomic mass is 16.5. The van der Waals surface area contributed by atoms with Crippen molar-refractivity contribution in [2.75, 3.05) is 19.8 Å². The molecular weight excluding hydrogens is 274 g/mol. The second-order valence-electron chi connectivity index (χ2n) is 7.69. The summed E-state index contributed by atoms with van der Waals surface area (Å²) >= 11 is 0. The quantitative estimate of drug-likeness (QED) is 0.797. The summed E-state index contributed by atoms with van der Waals surface area (Å²) < 4.78 is 5.69. The maximum absolute atomic E-state index is 13.2. The molecule has 2 atom stereocenters. The fraction of sp³-hybridized carbons (Fsp3) is 0.632. The van der Waals surface area contributed by atoms with Gasteiger partial charge in [-0.25, -0.2) is 0 Å². The molecule has 4 aliphatic rings. The fourth-order valence-electron chi connectivity index (χ4n) is 5.18. The Morgan fingerprint density at radius 2 is 2.09 bits per heavy atom. The van der Waals surface area contributed by atoms with E-state index in [-0.39, 0.29) is 16.9 Å². The highest BCUT2D eigenvalue weighted by Crippen LogP contribution is 2.62. The molecule has 1 aliphatic heterocycles. The van der Waals surface area contributed by atoms with Gasteiger partial charge < -0.3 is 9.64 Å². The molecule has 1 aromatic carbocycles. The maximum Gasteiger partial charge on any atom is 0.227 e. The van der Waals surface area contributed by atoms with Gasteiger partial charge in [-0.1, -0.05) is 24.3 Å².